The van der Waals surface area contributed by atoms with E-state index in [0.29, 0.717) is 6.61 Å². The lowest BCUT2D eigenvalue weighted by Crippen LogP contribution is -2.36. The summed E-state index contributed by atoms with van der Waals surface area (Å²) in [4.78, 5) is 10.5. The summed E-state index contributed by atoms with van der Waals surface area (Å²) in [5, 5.41) is 5.28. The van der Waals surface area contributed by atoms with Gasteiger partial charge in [0.15, 0.2) is 0 Å². The first-order valence-corrected chi connectivity index (χ1v) is 5.08. The highest BCUT2D eigenvalue weighted by Crippen LogP contribution is 2.06. The second-order valence-electron chi connectivity index (χ2n) is 3.41. The van der Waals surface area contributed by atoms with E-state index in [1.165, 1.54) is 0 Å². The zero-order chi connectivity index (χ0) is 11.1. The minimum atomic E-state index is -2.94. The van der Waals surface area contributed by atoms with E-state index >= 15 is 0 Å². The average Bonchev–Trinajstić information content (AvgIpc) is 2.25. The number of rotatable bonds is 5. The van der Waals surface area contributed by atoms with Gasteiger partial charge in [0.1, 0.15) is 0 Å². The Balaban J connectivity index is 1.98. The predicted octanol–water partition coefficient (Wildman–Crippen LogP) is 0.136. The van der Waals surface area contributed by atoms with E-state index in [1.54, 1.807) is 0 Å². The standard InChI is InChI=1S/C9H16F2N2O2/c10-8(11)9(14)13-5-6-15-7-1-3-12-4-2-7/h7-8,12H,1-6H2,(H,13,14). The Morgan fingerprint density at radius 2 is 2.13 bits per heavy atom. The molecule has 15 heavy (non-hydrogen) atoms. The van der Waals surface area contributed by atoms with Gasteiger partial charge in [-0.3, -0.25) is 4.79 Å². The van der Waals surface area contributed by atoms with Gasteiger partial charge in [-0.2, -0.15) is 8.78 Å². The first kappa shape index (κ1) is 12.3. The van der Waals surface area contributed by atoms with Crippen molar-refractivity contribution in [1.82, 2.24) is 10.6 Å². The second-order valence-corrected chi connectivity index (χ2v) is 3.41. The normalized spacial score (nSPS) is 18.1. The number of alkyl halides is 2. The summed E-state index contributed by atoms with van der Waals surface area (Å²) >= 11 is 0. The molecule has 0 radical (unpaired) electrons. The highest BCUT2D eigenvalue weighted by molar-refractivity contribution is 5.78. The maximum absolute atomic E-state index is 11.7. The highest BCUT2D eigenvalue weighted by atomic mass is 19.3. The van der Waals surface area contributed by atoms with Gasteiger partial charge in [-0.1, -0.05) is 0 Å². The van der Waals surface area contributed by atoms with Crippen LogP contribution in [-0.2, 0) is 9.53 Å². The van der Waals surface area contributed by atoms with E-state index in [1.807, 2.05) is 0 Å². The minimum absolute atomic E-state index is 0.146. The van der Waals surface area contributed by atoms with Crippen LogP contribution in [0.1, 0.15) is 12.8 Å². The lowest BCUT2D eigenvalue weighted by molar-refractivity contribution is -0.132. The summed E-state index contributed by atoms with van der Waals surface area (Å²) in [6.07, 6.45) is -0.885. The Bertz CT molecular complexity index is 197. The number of hydrogen-bond donors (Lipinski definition) is 2. The molecule has 0 atom stereocenters. The first-order chi connectivity index (χ1) is 7.20. The van der Waals surface area contributed by atoms with Gasteiger partial charge in [-0.15, -0.1) is 0 Å². The number of carbonyl (C=O) groups excluding carboxylic acids is 1. The fourth-order valence-corrected chi connectivity index (χ4v) is 1.44. The van der Waals surface area contributed by atoms with E-state index in [2.05, 4.69) is 10.6 Å². The number of piperidine rings is 1. The van der Waals surface area contributed by atoms with Gasteiger partial charge in [-0.05, 0) is 25.9 Å². The molecule has 1 amide bonds. The van der Waals surface area contributed by atoms with Crippen LogP contribution in [0.3, 0.4) is 0 Å². The van der Waals surface area contributed by atoms with Crippen LogP contribution in [0.2, 0.25) is 0 Å². The molecule has 0 saturated carbocycles. The quantitative estimate of drug-likeness (QED) is 0.650. The molecule has 6 heteroatoms. The lowest BCUT2D eigenvalue weighted by Gasteiger charge is -2.22. The smallest absolute Gasteiger partial charge is 0.315 e. The van der Waals surface area contributed by atoms with E-state index < -0.39 is 12.3 Å². The Morgan fingerprint density at radius 3 is 2.73 bits per heavy atom. The SMILES string of the molecule is O=C(NCCOC1CCNCC1)C(F)F. The fourth-order valence-electron chi connectivity index (χ4n) is 1.44. The van der Waals surface area contributed by atoms with Gasteiger partial charge < -0.3 is 15.4 Å². The molecule has 2 N–H and O–H groups in total. The van der Waals surface area contributed by atoms with Crippen molar-refractivity contribution in [3.63, 3.8) is 0 Å². The average molecular weight is 222 g/mol. The maximum Gasteiger partial charge on any atom is 0.315 e. The molecule has 1 aliphatic heterocycles. The summed E-state index contributed by atoms with van der Waals surface area (Å²) in [5.41, 5.74) is 0. The number of halogens is 2. The third-order valence-electron chi connectivity index (χ3n) is 2.24. The van der Waals surface area contributed by atoms with Crippen molar-refractivity contribution in [3.05, 3.63) is 0 Å². The van der Waals surface area contributed by atoms with Gasteiger partial charge in [0.05, 0.1) is 12.7 Å². The molecular formula is C9H16F2N2O2. The van der Waals surface area contributed by atoms with Crippen molar-refractivity contribution in [2.45, 2.75) is 25.4 Å². The van der Waals surface area contributed by atoms with E-state index in [9.17, 15) is 13.6 Å². The summed E-state index contributed by atoms with van der Waals surface area (Å²) in [6, 6.07) is 0. The minimum Gasteiger partial charge on any atom is -0.376 e. The monoisotopic (exact) mass is 222 g/mol. The van der Waals surface area contributed by atoms with Crippen LogP contribution < -0.4 is 10.6 Å². The highest BCUT2D eigenvalue weighted by Gasteiger charge is 2.15. The van der Waals surface area contributed by atoms with Crippen molar-refractivity contribution in [2.24, 2.45) is 0 Å². The molecule has 4 nitrogen and oxygen atoms in total. The van der Waals surface area contributed by atoms with Gasteiger partial charge in [0.25, 0.3) is 5.91 Å². The molecule has 0 spiro atoms. The van der Waals surface area contributed by atoms with E-state index in [-0.39, 0.29) is 12.6 Å². The third-order valence-corrected chi connectivity index (χ3v) is 2.24. The van der Waals surface area contributed by atoms with Crippen LogP contribution in [0.15, 0.2) is 0 Å². The van der Waals surface area contributed by atoms with E-state index in [4.69, 9.17) is 4.74 Å². The van der Waals surface area contributed by atoms with Crippen molar-refractivity contribution < 1.29 is 18.3 Å². The van der Waals surface area contributed by atoms with Crippen molar-refractivity contribution in [3.8, 4) is 0 Å². The molecule has 1 aliphatic rings. The van der Waals surface area contributed by atoms with Crippen LogP contribution >= 0.6 is 0 Å². The van der Waals surface area contributed by atoms with Crippen LogP contribution in [0.25, 0.3) is 0 Å². The first-order valence-electron chi connectivity index (χ1n) is 5.08. The number of amides is 1. The third kappa shape index (κ3) is 5.03. The predicted molar refractivity (Wildman–Crippen MR) is 50.9 cm³/mol. The summed E-state index contributed by atoms with van der Waals surface area (Å²) in [6.45, 7) is 2.29. The molecule has 1 saturated heterocycles. The summed E-state index contributed by atoms with van der Waals surface area (Å²) in [7, 11) is 0. The van der Waals surface area contributed by atoms with Crippen LogP contribution in [0.4, 0.5) is 8.78 Å². The van der Waals surface area contributed by atoms with Gasteiger partial charge in [0, 0.05) is 6.54 Å². The van der Waals surface area contributed by atoms with E-state index in [0.717, 1.165) is 25.9 Å². The molecule has 1 rings (SSSR count). The summed E-state index contributed by atoms with van der Waals surface area (Å²) in [5.74, 6) is -1.23. The maximum atomic E-state index is 11.7. The molecule has 0 aromatic rings. The number of nitrogens with one attached hydrogen (secondary N) is 2. The van der Waals surface area contributed by atoms with Gasteiger partial charge in [-0.25, -0.2) is 0 Å². The van der Waals surface area contributed by atoms with Gasteiger partial charge >= 0.3 is 6.43 Å². The summed E-state index contributed by atoms with van der Waals surface area (Å²) < 4.78 is 28.9. The molecule has 0 aromatic heterocycles. The largest absolute Gasteiger partial charge is 0.376 e. The van der Waals surface area contributed by atoms with Crippen molar-refractivity contribution in [1.29, 1.82) is 0 Å². The molecule has 0 bridgehead atoms. The molecule has 1 heterocycles. The lowest BCUT2D eigenvalue weighted by atomic mass is 10.1. The van der Waals surface area contributed by atoms with Crippen molar-refractivity contribution in [2.75, 3.05) is 26.2 Å². The Morgan fingerprint density at radius 1 is 1.47 bits per heavy atom. The zero-order valence-corrected chi connectivity index (χ0v) is 8.47. The molecule has 0 aromatic carbocycles. The van der Waals surface area contributed by atoms with Gasteiger partial charge in [0.2, 0.25) is 0 Å². The Kier molecular flexibility index (Phi) is 5.49. The number of ether oxygens (including phenoxy) is 1. The van der Waals surface area contributed by atoms with Crippen LogP contribution in [0, 0.1) is 0 Å². The van der Waals surface area contributed by atoms with Crippen LogP contribution in [-0.4, -0.2) is 44.7 Å². The second kappa shape index (κ2) is 6.68. The molecule has 88 valence electrons. The number of hydrogen-bond acceptors (Lipinski definition) is 3. The topological polar surface area (TPSA) is 50.4 Å². The zero-order valence-electron chi connectivity index (χ0n) is 8.47. The van der Waals surface area contributed by atoms with Crippen LogP contribution in [0.5, 0.6) is 0 Å². The molecule has 1 fully saturated rings. The Labute approximate surface area is 87.4 Å². The number of carbonyl (C=O) groups is 1. The van der Waals surface area contributed by atoms with Crippen molar-refractivity contribution >= 4 is 5.91 Å². The molecule has 0 unspecified atom stereocenters. The fraction of sp³-hybridized carbons (Fsp3) is 0.889. The Hall–Kier alpha value is -0.750. The molecule has 0 aliphatic carbocycles. The molecular weight excluding hydrogens is 206 g/mol.